The highest BCUT2D eigenvalue weighted by molar-refractivity contribution is 5.97. The van der Waals surface area contributed by atoms with Crippen molar-refractivity contribution in [3.05, 3.63) is 65.5 Å². The van der Waals surface area contributed by atoms with Gasteiger partial charge in [0, 0.05) is 29.9 Å². The molecule has 1 heterocycles. The van der Waals surface area contributed by atoms with Gasteiger partial charge in [0.1, 0.15) is 5.82 Å². The number of nitrogens with zero attached hydrogens (tertiary/aromatic N) is 1. The summed E-state index contributed by atoms with van der Waals surface area (Å²) in [5.74, 6) is -1.08. The van der Waals surface area contributed by atoms with Gasteiger partial charge in [-0.25, -0.2) is 4.39 Å². The molecule has 0 bridgehead atoms. The van der Waals surface area contributed by atoms with Gasteiger partial charge in [-0.2, -0.15) is 0 Å². The van der Waals surface area contributed by atoms with E-state index in [0.29, 0.717) is 36.3 Å². The van der Waals surface area contributed by atoms with E-state index >= 15 is 0 Å². The Morgan fingerprint density at radius 1 is 1.00 bits per heavy atom. The third-order valence-corrected chi connectivity index (χ3v) is 4.73. The van der Waals surface area contributed by atoms with Gasteiger partial charge in [-0.15, -0.1) is 0 Å². The fraction of sp³-hybridized carbons (Fsp3) is 0.286. The van der Waals surface area contributed by atoms with Crippen molar-refractivity contribution in [3.63, 3.8) is 0 Å². The molecule has 2 amide bonds. The van der Waals surface area contributed by atoms with Gasteiger partial charge in [0.05, 0.1) is 5.92 Å². The number of likely N-dealkylation sites (tertiary alicyclic amines) is 1. The molecule has 5 nitrogen and oxygen atoms in total. The zero-order chi connectivity index (χ0) is 19.4. The average Bonchev–Trinajstić information content (AvgIpc) is 2.68. The summed E-state index contributed by atoms with van der Waals surface area (Å²) in [6.45, 7) is 2.39. The highest BCUT2D eigenvalue weighted by atomic mass is 19.1. The lowest BCUT2D eigenvalue weighted by molar-refractivity contribution is -0.121. The Hall–Kier alpha value is -3.02. The molecule has 1 saturated heterocycles. The van der Waals surface area contributed by atoms with Crippen LogP contribution in [-0.4, -0.2) is 35.6 Å². The van der Waals surface area contributed by atoms with Crippen LogP contribution >= 0.6 is 0 Å². The second-order valence-electron chi connectivity index (χ2n) is 6.72. The molecule has 1 fully saturated rings. The molecule has 27 heavy (non-hydrogen) atoms. The molecule has 1 N–H and O–H groups in total. The predicted molar refractivity (Wildman–Crippen MR) is 100 cm³/mol. The maximum Gasteiger partial charge on any atom is 0.253 e. The van der Waals surface area contributed by atoms with Crippen LogP contribution in [0.4, 0.5) is 10.1 Å². The maximum atomic E-state index is 13.0. The van der Waals surface area contributed by atoms with Crippen LogP contribution in [-0.2, 0) is 4.79 Å². The number of piperidine rings is 1. The number of ketones is 1. The number of hydrogen-bond acceptors (Lipinski definition) is 3. The van der Waals surface area contributed by atoms with Gasteiger partial charge >= 0.3 is 0 Å². The first-order valence-corrected chi connectivity index (χ1v) is 8.91. The summed E-state index contributed by atoms with van der Waals surface area (Å²) >= 11 is 0. The number of carbonyl (C=O) groups is 3. The maximum absolute atomic E-state index is 13.0. The standard InChI is InChI=1S/C21H21FN2O3/c1-14(25)15-6-10-19(11-7-15)23-20(26)17-3-2-12-24(13-17)21(27)16-4-8-18(22)9-5-16/h4-11,17H,2-3,12-13H2,1H3,(H,23,26)/t17-/m0/s1. The molecule has 140 valence electrons. The number of rotatable bonds is 4. The van der Waals surface area contributed by atoms with Crippen molar-refractivity contribution in [3.8, 4) is 0 Å². The van der Waals surface area contributed by atoms with E-state index in [1.54, 1.807) is 29.2 Å². The number of Topliss-reactive ketones (excluding diaryl/α,β-unsaturated/α-hetero) is 1. The molecule has 0 aromatic heterocycles. The Morgan fingerprint density at radius 3 is 2.26 bits per heavy atom. The van der Waals surface area contributed by atoms with Gasteiger partial charge in [0.15, 0.2) is 5.78 Å². The SMILES string of the molecule is CC(=O)c1ccc(NC(=O)[C@H]2CCCN(C(=O)c3ccc(F)cc3)C2)cc1. The fourth-order valence-corrected chi connectivity index (χ4v) is 3.18. The van der Waals surface area contributed by atoms with Gasteiger partial charge in [-0.05, 0) is 68.3 Å². The zero-order valence-corrected chi connectivity index (χ0v) is 15.1. The predicted octanol–water partition coefficient (Wildman–Crippen LogP) is 3.52. The van der Waals surface area contributed by atoms with Crippen LogP contribution < -0.4 is 5.32 Å². The molecule has 2 aromatic carbocycles. The van der Waals surface area contributed by atoms with Crippen molar-refractivity contribution in [2.45, 2.75) is 19.8 Å². The molecule has 0 unspecified atom stereocenters. The van der Waals surface area contributed by atoms with Crippen molar-refractivity contribution in [2.24, 2.45) is 5.92 Å². The zero-order valence-electron chi connectivity index (χ0n) is 15.1. The van der Waals surface area contributed by atoms with Gasteiger partial charge in [0.2, 0.25) is 5.91 Å². The molecule has 0 aliphatic carbocycles. The molecule has 2 aromatic rings. The van der Waals surface area contributed by atoms with Gasteiger partial charge in [-0.3, -0.25) is 14.4 Å². The molecule has 0 radical (unpaired) electrons. The van der Waals surface area contributed by atoms with Gasteiger partial charge in [0.25, 0.3) is 5.91 Å². The molecule has 1 aliphatic rings. The van der Waals surface area contributed by atoms with E-state index in [-0.39, 0.29) is 23.5 Å². The normalized spacial score (nSPS) is 16.7. The lowest BCUT2D eigenvalue weighted by Gasteiger charge is -2.32. The number of nitrogens with one attached hydrogen (secondary N) is 1. The molecular weight excluding hydrogens is 347 g/mol. The molecule has 0 spiro atoms. The Labute approximate surface area is 157 Å². The minimum Gasteiger partial charge on any atom is -0.338 e. The first-order chi connectivity index (χ1) is 12.9. The first-order valence-electron chi connectivity index (χ1n) is 8.91. The van der Waals surface area contributed by atoms with Crippen LogP contribution in [0, 0.1) is 11.7 Å². The summed E-state index contributed by atoms with van der Waals surface area (Å²) in [5.41, 5.74) is 1.62. The van der Waals surface area contributed by atoms with E-state index in [4.69, 9.17) is 0 Å². The van der Waals surface area contributed by atoms with Crippen LogP contribution in [0.5, 0.6) is 0 Å². The third-order valence-electron chi connectivity index (χ3n) is 4.73. The van der Waals surface area contributed by atoms with Crippen LogP contribution in [0.15, 0.2) is 48.5 Å². The number of anilines is 1. The smallest absolute Gasteiger partial charge is 0.253 e. The van der Waals surface area contributed by atoms with Gasteiger partial charge < -0.3 is 10.2 Å². The number of hydrogen-bond donors (Lipinski definition) is 1. The van der Waals surface area contributed by atoms with E-state index in [1.807, 2.05) is 0 Å². The highest BCUT2D eigenvalue weighted by Crippen LogP contribution is 2.21. The Kier molecular flexibility index (Phi) is 5.64. The minimum absolute atomic E-state index is 0.0323. The second kappa shape index (κ2) is 8.12. The highest BCUT2D eigenvalue weighted by Gasteiger charge is 2.29. The Balaban J connectivity index is 1.63. The van der Waals surface area contributed by atoms with Crippen molar-refractivity contribution in [1.29, 1.82) is 0 Å². The molecular formula is C21H21FN2O3. The average molecular weight is 368 g/mol. The topological polar surface area (TPSA) is 66.5 Å². The number of benzene rings is 2. The van der Waals surface area contributed by atoms with E-state index in [9.17, 15) is 18.8 Å². The van der Waals surface area contributed by atoms with Gasteiger partial charge in [-0.1, -0.05) is 0 Å². The molecule has 1 aliphatic heterocycles. The fourth-order valence-electron chi connectivity index (χ4n) is 3.18. The van der Waals surface area contributed by atoms with Crippen molar-refractivity contribution in [2.75, 3.05) is 18.4 Å². The van der Waals surface area contributed by atoms with Crippen molar-refractivity contribution < 1.29 is 18.8 Å². The third kappa shape index (κ3) is 4.58. The number of carbonyl (C=O) groups excluding carboxylic acids is 3. The minimum atomic E-state index is -0.391. The molecule has 3 rings (SSSR count). The summed E-state index contributed by atoms with van der Waals surface area (Å²) in [6, 6.07) is 12.2. The largest absolute Gasteiger partial charge is 0.338 e. The van der Waals surface area contributed by atoms with E-state index in [0.717, 1.165) is 6.42 Å². The first kappa shape index (κ1) is 18.8. The van der Waals surface area contributed by atoms with E-state index in [1.165, 1.54) is 31.2 Å². The Morgan fingerprint density at radius 2 is 1.63 bits per heavy atom. The Bertz CT molecular complexity index is 847. The molecule has 1 atom stereocenters. The number of halogens is 1. The van der Waals surface area contributed by atoms with Crippen molar-refractivity contribution >= 4 is 23.3 Å². The van der Waals surface area contributed by atoms with Crippen molar-refractivity contribution in [1.82, 2.24) is 4.90 Å². The molecule has 6 heteroatoms. The summed E-state index contributed by atoms with van der Waals surface area (Å²) < 4.78 is 13.0. The quantitative estimate of drug-likeness (QED) is 0.840. The number of amides is 2. The van der Waals surface area contributed by atoms with E-state index in [2.05, 4.69) is 5.32 Å². The van der Waals surface area contributed by atoms with E-state index < -0.39 is 5.82 Å². The summed E-state index contributed by atoms with van der Waals surface area (Å²) in [5, 5.41) is 2.85. The lowest BCUT2D eigenvalue weighted by Crippen LogP contribution is -2.43. The summed E-state index contributed by atoms with van der Waals surface area (Å²) in [7, 11) is 0. The van der Waals surface area contributed by atoms with Crippen LogP contribution in [0.3, 0.4) is 0 Å². The summed E-state index contributed by atoms with van der Waals surface area (Å²) in [6.07, 6.45) is 1.43. The lowest BCUT2D eigenvalue weighted by atomic mass is 9.96. The second-order valence-corrected chi connectivity index (χ2v) is 6.72. The summed E-state index contributed by atoms with van der Waals surface area (Å²) in [4.78, 5) is 38.1. The van der Waals surface area contributed by atoms with Crippen LogP contribution in [0.2, 0.25) is 0 Å². The monoisotopic (exact) mass is 368 g/mol. The molecule has 0 saturated carbocycles. The van der Waals surface area contributed by atoms with Crippen LogP contribution in [0.25, 0.3) is 0 Å². The van der Waals surface area contributed by atoms with Crippen LogP contribution in [0.1, 0.15) is 40.5 Å².